The third-order valence-electron chi connectivity index (χ3n) is 3.74. The first-order chi connectivity index (χ1) is 10.2. The van der Waals surface area contributed by atoms with Gasteiger partial charge < -0.3 is 5.32 Å². The zero-order chi connectivity index (χ0) is 14.7. The summed E-state index contributed by atoms with van der Waals surface area (Å²) in [5.74, 6) is -0.135. The molecule has 2 N–H and O–H groups in total. The topological polar surface area (TPSA) is 73.9 Å². The number of rotatable bonds is 4. The highest BCUT2D eigenvalue weighted by molar-refractivity contribution is 7.09. The van der Waals surface area contributed by atoms with E-state index in [1.54, 1.807) is 18.3 Å². The minimum Gasteiger partial charge on any atom is -0.347 e. The molecule has 1 aliphatic rings. The summed E-state index contributed by atoms with van der Waals surface area (Å²) in [7, 11) is 0. The molecule has 0 saturated carbocycles. The molecule has 3 rings (SSSR count). The normalized spacial score (nSPS) is 19.6. The molecule has 112 valence electrons. The van der Waals surface area contributed by atoms with Gasteiger partial charge in [-0.15, -0.1) is 11.3 Å². The number of nitrogens with zero attached hydrogens (tertiary/aromatic N) is 3. The lowest BCUT2D eigenvalue weighted by molar-refractivity contribution is 0.0895. The highest BCUT2D eigenvalue weighted by atomic mass is 32.1. The number of amides is 1. The third-order valence-corrected chi connectivity index (χ3v) is 4.60. The molecule has 1 aliphatic heterocycles. The minimum absolute atomic E-state index is 0.135. The molecule has 1 saturated heterocycles. The molecule has 2 aromatic rings. The van der Waals surface area contributed by atoms with Crippen molar-refractivity contribution < 1.29 is 4.79 Å². The average Bonchev–Trinajstić information content (AvgIpc) is 3.10. The zero-order valence-electron chi connectivity index (χ0n) is 12.0. The van der Waals surface area contributed by atoms with Gasteiger partial charge in [0.05, 0.1) is 5.69 Å². The molecule has 0 unspecified atom stereocenters. The first kappa shape index (κ1) is 14.2. The number of carbonyl (C=O) groups excluding carboxylic acids is 1. The van der Waals surface area contributed by atoms with Crippen molar-refractivity contribution in [2.75, 3.05) is 13.1 Å². The summed E-state index contributed by atoms with van der Waals surface area (Å²) in [6.07, 6.45) is 2.12. The van der Waals surface area contributed by atoms with Crippen molar-refractivity contribution >= 4 is 17.2 Å². The number of nitrogens with one attached hydrogen (secondary N) is 2. The van der Waals surface area contributed by atoms with Gasteiger partial charge in [-0.3, -0.25) is 9.69 Å². The summed E-state index contributed by atoms with van der Waals surface area (Å²) in [5, 5.41) is 15.5. The predicted octanol–water partition coefficient (Wildman–Crippen LogP) is 1.57. The number of hydrogen-bond donors (Lipinski definition) is 2. The molecule has 7 heteroatoms. The second-order valence-corrected chi connectivity index (χ2v) is 6.42. The van der Waals surface area contributed by atoms with E-state index in [-0.39, 0.29) is 11.9 Å². The fraction of sp³-hybridized carbons (Fsp3) is 0.500. The molecule has 0 aromatic carbocycles. The predicted molar refractivity (Wildman–Crippen MR) is 81.2 cm³/mol. The van der Waals surface area contributed by atoms with Crippen LogP contribution in [0.25, 0.3) is 0 Å². The van der Waals surface area contributed by atoms with Gasteiger partial charge in [0, 0.05) is 24.0 Å². The van der Waals surface area contributed by atoms with Crippen LogP contribution in [0, 0.1) is 6.92 Å². The van der Waals surface area contributed by atoms with Crippen LogP contribution in [-0.2, 0) is 6.54 Å². The SMILES string of the molecule is Cc1n[nH]nc1C(=O)N[C@@H]1CCCN(Cc2cccs2)C1. The number of H-pyrrole nitrogens is 1. The molecule has 0 spiro atoms. The van der Waals surface area contributed by atoms with Gasteiger partial charge in [-0.2, -0.15) is 15.4 Å². The summed E-state index contributed by atoms with van der Waals surface area (Å²) in [4.78, 5) is 15.9. The molecule has 0 radical (unpaired) electrons. The van der Waals surface area contributed by atoms with Gasteiger partial charge in [0.25, 0.3) is 5.91 Å². The Kier molecular flexibility index (Phi) is 4.31. The van der Waals surface area contributed by atoms with Crippen molar-refractivity contribution in [1.82, 2.24) is 25.6 Å². The second-order valence-electron chi connectivity index (χ2n) is 5.38. The van der Waals surface area contributed by atoms with Crippen LogP contribution in [0.3, 0.4) is 0 Å². The van der Waals surface area contributed by atoms with Gasteiger partial charge in [0.1, 0.15) is 0 Å². The van der Waals surface area contributed by atoms with E-state index < -0.39 is 0 Å². The second kappa shape index (κ2) is 6.36. The zero-order valence-corrected chi connectivity index (χ0v) is 12.8. The summed E-state index contributed by atoms with van der Waals surface area (Å²) in [5.41, 5.74) is 1.03. The monoisotopic (exact) mass is 305 g/mol. The molecule has 2 aromatic heterocycles. The van der Waals surface area contributed by atoms with Gasteiger partial charge in [0.15, 0.2) is 5.69 Å². The molecule has 6 nitrogen and oxygen atoms in total. The van der Waals surface area contributed by atoms with Crippen LogP contribution in [0.2, 0.25) is 0 Å². The van der Waals surface area contributed by atoms with Gasteiger partial charge in [0.2, 0.25) is 0 Å². The van der Waals surface area contributed by atoms with Crippen LogP contribution in [-0.4, -0.2) is 45.3 Å². The molecule has 0 bridgehead atoms. The van der Waals surface area contributed by atoms with Crippen molar-refractivity contribution in [2.45, 2.75) is 32.4 Å². The van der Waals surface area contributed by atoms with Crippen molar-refractivity contribution in [3.8, 4) is 0 Å². The smallest absolute Gasteiger partial charge is 0.274 e. The van der Waals surface area contributed by atoms with E-state index in [1.807, 2.05) is 0 Å². The van der Waals surface area contributed by atoms with Gasteiger partial charge in [-0.25, -0.2) is 0 Å². The van der Waals surface area contributed by atoms with Gasteiger partial charge >= 0.3 is 0 Å². The van der Waals surface area contributed by atoms with Gasteiger partial charge in [-0.1, -0.05) is 6.07 Å². The minimum atomic E-state index is -0.135. The molecule has 1 atom stereocenters. The fourth-order valence-electron chi connectivity index (χ4n) is 2.69. The largest absolute Gasteiger partial charge is 0.347 e. The third kappa shape index (κ3) is 3.48. The maximum Gasteiger partial charge on any atom is 0.274 e. The first-order valence-electron chi connectivity index (χ1n) is 7.15. The molecule has 1 fully saturated rings. The van der Waals surface area contributed by atoms with Crippen LogP contribution < -0.4 is 5.32 Å². The van der Waals surface area contributed by atoms with Crippen LogP contribution in [0.15, 0.2) is 17.5 Å². The summed E-state index contributed by atoms with van der Waals surface area (Å²) in [6, 6.07) is 4.42. The lowest BCUT2D eigenvalue weighted by Crippen LogP contribution is -2.47. The Morgan fingerprint density at radius 1 is 1.57 bits per heavy atom. The van der Waals surface area contributed by atoms with Gasteiger partial charge in [-0.05, 0) is 37.8 Å². The van der Waals surface area contributed by atoms with E-state index >= 15 is 0 Å². The Hall–Kier alpha value is -1.73. The number of carbonyl (C=O) groups is 1. The van der Waals surface area contributed by atoms with E-state index in [9.17, 15) is 4.79 Å². The number of piperidine rings is 1. The quantitative estimate of drug-likeness (QED) is 0.899. The summed E-state index contributed by atoms with van der Waals surface area (Å²) >= 11 is 1.78. The number of thiophene rings is 1. The van der Waals surface area contributed by atoms with Crippen molar-refractivity contribution in [2.24, 2.45) is 0 Å². The lowest BCUT2D eigenvalue weighted by atomic mass is 10.1. The van der Waals surface area contributed by atoms with Crippen LogP contribution >= 0.6 is 11.3 Å². The van der Waals surface area contributed by atoms with Crippen LogP contribution in [0.1, 0.15) is 33.9 Å². The Balaban J connectivity index is 1.56. The van der Waals surface area contributed by atoms with Crippen molar-refractivity contribution in [1.29, 1.82) is 0 Å². The van der Waals surface area contributed by atoms with E-state index in [2.05, 4.69) is 43.1 Å². The Labute approximate surface area is 127 Å². The van der Waals surface area contributed by atoms with E-state index in [0.29, 0.717) is 11.4 Å². The van der Waals surface area contributed by atoms with E-state index in [0.717, 1.165) is 32.5 Å². The van der Waals surface area contributed by atoms with E-state index in [4.69, 9.17) is 0 Å². The lowest BCUT2D eigenvalue weighted by Gasteiger charge is -2.32. The molecule has 21 heavy (non-hydrogen) atoms. The molecular weight excluding hydrogens is 286 g/mol. The Bertz CT molecular complexity index is 594. The standard InChI is InChI=1S/C14H19N5OS/c1-10-13(17-18-16-10)14(20)15-11-4-2-6-19(8-11)9-12-5-3-7-21-12/h3,5,7,11H,2,4,6,8-9H2,1H3,(H,15,20)(H,16,17,18)/t11-/m1/s1. The summed E-state index contributed by atoms with van der Waals surface area (Å²) < 4.78 is 0. The highest BCUT2D eigenvalue weighted by Crippen LogP contribution is 2.17. The van der Waals surface area contributed by atoms with Crippen molar-refractivity contribution in [3.05, 3.63) is 33.8 Å². The molecule has 0 aliphatic carbocycles. The van der Waals surface area contributed by atoms with E-state index in [1.165, 1.54) is 4.88 Å². The first-order valence-corrected chi connectivity index (χ1v) is 8.03. The molecular formula is C14H19N5OS. The van der Waals surface area contributed by atoms with Crippen LogP contribution in [0.4, 0.5) is 0 Å². The Morgan fingerprint density at radius 3 is 3.19 bits per heavy atom. The molecule has 1 amide bonds. The molecule has 3 heterocycles. The van der Waals surface area contributed by atoms with Crippen molar-refractivity contribution in [3.63, 3.8) is 0 Å². The van der Waals surface area contributed by atoms with Crippen LogP contribution in [0.5, 0.6) is 0 Å². The number of aryl methyl sites for hydroxylation is 1. The average molecular weight is 305 g/mol. The number of aromatic amines is 1. The maximum atomic E-state index is 12.2. The summed E-state index contributed by atoms with van der Waals surface area (Å²) in [6.45, 7) is 4.73. The maximum absolute atomic E-state index is 12.2. The highest BCUT2D eigenvalue weighted by Gasteiger charge is 2.23. The number of hydrogen-bond acceptors (Lipinski definition) is 5. The number of likely N-dealkylation sites (tertiary alicyclic amines) is 1. The fourth-order valence-corrected chi connectivity index (χ4v) is 3.44. The Morgan fingerprint density at radius 2 is 2.48 bits per heavy atom. The number of aromatic nitrogens is 3.